The van der Waals surface area contributed by atoms with E-state index in [0.29, 0.717) is 12.2 Å². The van der Waals surface area contributed by atoms with E-state index in [0.717, 1.165) is 5.69 Å². The smallest absolute Gasteiger partial charge is 0.354 e. The number of rotatable bonds is 6. The van der Waals surface area contributed by atoms with Gasteiger partial charge >= 0.3 is 5.97 Å². The first kappa shape index (κ1) is 13.7. The van der Waals surface area contributed by atoms with E-state index in [4.69, 9.17) is 5.11 Å². The van der Waals surface area contributed by atoms with Crippen molar-refractivity contribution >= 4 is 5.97 Å². The van der Waals surface area contributed by atoms with Gasteiger partial charge in [-0.1, -0.05) is 6.92 Å². The molecule has 0 aromatic carbocycles. The third kappa shape index (κ3) is 3.87. The van der Waals surface area contributed by atoms with Gasteiger partial charge in [0.15, 0.2) is 0 Å². The van der Waals surface area contributed by atoms with E-state index in [-0.39, 0.29) is 24.5 Å². The fourth-order valence-corrected chi connectivity index (χ4v) is 1.40. The Balaban J connectivity index is 2.47. The highest BCUT2D eigenvalue weighted by atomic mass is 16.5. The SMILES string of the molecule is COC(=O)c1ccc(CNC(C)C(C)CO)[nH]1. The molecule has 2 atom stereocenters. The quantitative estimate of drug-likeness (QED) is 0.646. The Bertz CT molecular complexity index is 362. The molecule has 96 valence electrons. The fourth-order valence-electron chi connectivity index (χ4n) is 1.40. The van der Waals surface area contributed by atoms with Gasteiger partial charge in [0, 0.05) is 24.9 Å². The molecule has 1 heterocycles. The van der Waals surface area contributed by atoms with Crippen molar-refractivity contribution in [2.24, 2.45) is 5.92 Å². The Morgan fingerprint density at radius 1 is 1.53 bits per heavy atom. The van der Waals surface area contributed by atoms with Gasteiger partial charge in [-0.05, 0) is 25.0 Å². The van der Waals surface area contributed by atoms with Crippen molar-refractivity contribution in [1.82, 2.24) is 10.3 Å². The van der Waals surface area contributed by atoms with Gasteiger partial charge in [0.05, 0.1) is 7.11 Å². The van der Waals surface area contributed by atoms with Crippen LogP contribution in [0.2, 0.25) is 0 Å². The lowest BCUT2D eigenvalue weighted by atomic mass is 10.1. The van der Waals surface area contributed by atoms with Crippen LogP contribution in [0.15, 0.2) is 12.1 Å². The van der Waals surface area contributed by atoms with Crippen LogP contribution in [0.3, 0.4) is 0 Å². The molecule has 0 spiro atoms. The molecule has 0 saturated carbocycles. The number of aromatic amines is 1. The number of hydrogen-bond donors (Lipinski definition) is 3. The van der Waals surface area contributed by atoms with E-state index in [1.54, 1.807) is 6.07 Å². The van der Waals surface area contributed by atoms with Gasteiger partial charge in [0.2, 0.25) is 0 Å². The molecule has 5 nitrogen and oxygen atoms in total. The number of hydrogen-bond acceptors (Lipinski definition) is 4. The van der Waals surface area contributed by atoms with E-state index in [1.807, 2.05) is 19.9 Å². The van der Waals surface area contributed by atoms with Gasteiger partial charge in [0.25, 0.3) is 0 Å². The first-order valence-corrected chi connectivity index (χ1v) is 5.69. The monoisotopic (exact) mass is 240 g/mol. The molecule has 2 unspecified atom stereocenters. The van der Waals surface area contributed by atoms with Crippen LogP contribution in [0.25, 0.3) is 0 Å². The predicted octanol–water partition coefficient (Wildman–Crippen LogP) is 0.908. The van der Waals surface area contributed by atoms with Crippen LogP contribution in [-0.2, 0) is 11.3 Å². The zero-order valence-electron chi connectivity index (χ0n) is 10.5. The molecular weight excluding hydrogens is 220 g/mol. The van der Waals surface area contributed by atoms with Crippen molar-refractivity contribution in [3.05, 3.63) is 23.5 Å². The van der Waals surface area contributed by atoms with Crippen molar-refractivity contribution in [3.63, 3.8) is 0 Å². The van der Waals surface area contributed by atoms with E-state index in [2.05, 4.69) is 15.0 Å². The van der Waals surface area contributed by atoms with Crippen LogP contribution < -0.4 is 5.32 Å². The highest BCUT2D eigenvalue weighted by Crippen LogP contribution is 2.05. The van der Waals surface area contributed by atoms with Crippen molar-refractivity contribution in [2.45, 2.75) is 26.4 Å². The first-order valence-electron chi connectivity index (χ1n) is 5.69. The maximum atomic E-state index is 11.2. The second-order valence-electron chi connectivity index (χ2n) is 4.22. The zero-order valence-corrected chi connectivity index (χ0v) is 10.5. The van der Waals surface area contributed by atoms with Gasteiger partial charge in [0.1, 0.15) is 5.69 Å². The summed E-state index contributed by atoms with van der Waals surface area (Å²) in [7, 11) is 1.35. The molecule has 1 aromatic rings. The lowest BCUT2D eigenvalue weighted by Gasteiger charge is -2.18. The summed E-state index contributed by atoms with van der Waals surface area (Å²) < 4.78 is 4.61. The van der Waals surface area contributed by atoms with Crippen LogP contribution in [-0.4, -0.2) is 35.8 Å². The van der Waals surface area contributed by atoms with Crippen molar-refractivity contribution in [1.29, 1.82) is 0 Å². The summed E-state index contributed by atoms with van der Waals surface area (Å²) in [5, 5.41) is 12.3. The second-order valence-corrected chi connectivity index (χ2v) is 4.22. The number of aliphatic hydroxyl groups is 1. The van der Waals surface area contributed by atoms with Crippen LogP contribution in [0.1, 0.15) is 30.0 Å². The summed E-state index contributed by atoms with van der Waals surface area (Å²) >= 11 is 0. The van der Waals surface area contributed by atoms with E-state index in [1.165, 1.54) is 7.11 Å². The molecule has 0 bridgehead atoms. The normalized spacial score (nSPS) is 14.4. The summed E-state index contributed by atoms with van der Waals surface area (Å²) in [4.78, 5) is 14.2. The van der Waals surface area contributed by atoms with E-state index < -0.39 is 0 Å². The molecule has 3 N–H and O–H groups in total. The minimum Gasteiger partial charge on any atom is -0.464 e. The predicted molar refractivity (Wildman–Crippen MR) is 64.7 cm³/mol. The number of ether oxygens (including phenoxy) is 1. The van der Waals surface area contributed by atoms with Crippen molar-refractivity contribution in [2.75, 3.05) is 13.7 Å². The lowest BCUT2D eigenvalue weighted by Crippen LogP contribution is -2.33. The van der Waals surface area contributed by atoms with Gasteiger partial charge in [-0.15, -0.1) is 0 Å². The summed E-state index contributed by atoms with van der Waals surface area (Å²) in [6.45, 7) is 4.78. The fraction of sp³-hybridized carbons (Fsp3) is 0.583. The molecule has 5 heteroatoms. The number of nitrogens with one attached hydrogen (secondary N) is 2. The standard InChI is InChI=1S/C12H20N2O3/c1-8(7-15)9(2)13-6-10-4-5-11(14-10)12(16)17-3/h4-5,8-9,13-15H,6-7H2,1-3H3. The molecule has 0 saturated heterocycles. The third-order valence-corrected chi connectivity index (χ3v) is 2.91. The summed E-state index contributed by atoms with van der Waals surface area (Å²) in [6.07, 6.45) is 0. The minimum absolute atomic E-state index is 0.159. The number of aliphatic hydroxyl groups excluding tert-OH is 1. The molecule has 0 aliphatic carbocycles. The molecule has 1 rings (SSSR count). The molecule has 0 aliphatic heterocycles. The maximum absolute atomic E-state index is 11.2. The van der Waals surface area contributed by atoms with Crippen LogP contribution in [0.5, 0.6) is 0 Å². The summed E-state index contributed by atoms with van der Waals surface area (Å²) in [6, 6.07) is 3.75. The van der Waals surface area contributed by atoms with E-state index >= 15 is 0 Å². The number of carbonyl (C=O) groups is 1. The van der Waals surface area contributed by atoms with Gasteiger partial charge in [-0.2, -0.15) is 0 Å². The molecule has 0 aliphatic rings. The molecule has 0 radical (unpaired) electrons. The van der Waals surface area contributed by atoms with E-state index in [9.17, 15) is 4.79 Å². The van der Waals surface area contributed by atoms with Crippen LogP contribution in [0.4, 0.5) is 0 Å². The maximum Gasteiger partial charge on any atom is 0.354 e. The Morgan fingerprint density at radius 3 is 2.82 bits per heavy atom. The Morgan fingerprint density at radius 2 is 2.24 bits per heavy atom. The number of esters is 1. The number of carbonyl (C=O) groups excluding carboxylic acids is 1. The first-order chi connectivity index (χ1) is 8.08. The topological polar surface area (TPSA) is 74.3 Å². The number of H-pyrrole nitrogens is 1. The third-order valence-electron chi connectivity index (χ3n) is 2.91. The highest BCUT2D eigenvalue weighted by molar-refractivity contribution is 5.87. The highest BCUT2D eigenvalue weighted by Gasteiger charge is 2.12. The van der Waals surface area contributed by atoms with Crippen molar-refractivity contribution < 1.29 is 14.6 Å². The van der Waals surface area contributed by atoms with Crippen LogP contribution in [0, 0.1) is 5.92 Å². The molecule has 0 fully saturated rings. The average Bonchev–Trinajstić information content (AvgIpc) is 2.82. The Labute approximate surface area is 101 Å². The summed E-state index contributed by atoms with van der Waals surface area (Å²) in [5.74, 6) is -0.168. The van der Waals surface area contributed by atoms with Crippen LogP contribution >= 0.6 is 0 Å². The number of methoxy groups -OCH3 is 1. The Kier molecular flexibility index (Phi) is 5.18. The minimum atomic E-state index is -0.368. The van der Waals surface area contributed by atoms with Gasteiger partial charge < -0.3 is 20.1 Å². The molecule has 0 amide bonds. The average molecular weight is 240 g/mol. The van der Waals surface area contributed by atoms with Gasteiger partial charge in [-0.3, -0.25) is 0 Å². The zero-order chi connectivity index (χ0) is 12.8. The molecular formula is C12H20N2O3. The number of aromatic nitrogens is 1. The molecule has 17 heavy (non-hydrogen) atoms. The van der Waals surface area contributed by atoms with Gasteiger partial charge in [-0.25, -0.2) is 4.79 Å². The largest absolute Gasteiger partial charge is 0.464 e. The second kappa shape index (κ2) is 6.42. The van der Waals surface area contributed by atoms with Crippen molar-refractivity contribution in [3.8, 4) is 0 Å². The summed E-state index contributed by atoms with van der Waals surface area (Å²) in [5.41, 5.74) is 1.37. The lowest BCUT2D eigenvalue weighted by molar-refractivity contribution is 0.0594. The molecule has 1 aromatic heterocycles. The Hall–Kier alpha value is -1.33.